The molecule has 1 atom stereocenters. The second-order valence-electron chi connectivity index (χ2n) is 8.89. The summed E-state index contributed by atoms with van der Waals surface area (Å²) in [6.45, 7) is 5.89. The maximum absolute atomic E-state index is 12.6. The van der Waals surface area contributed by atoms with E-state index in [0.717, 1.165) is 11.1 Å². The summed E-state index contributed by atoms with van der Waals surface area (Å²) >= 11 is 5.89. The fraction of sp³-hybridized carbons (Fsp3) is 0.360. The molecule has 1 aliphatic heterocycles. The summed E-state index contributed by atoms with van der Waals surface area (Å²) in [5, 5.41) is 5.62. The van der Waals surface area contributed by atoms with Gasteiger partial charge >= 0.3 is 12.1 Å². The molecule has 180 valence electrons. The van der Waals surface area contributed by atoms with Crippen LogP contribution in [-0.2, 0) is 31.9 Å². The molecule has 1 unspecified atom stereocenters. The van der Waals surface area contributed by atoms with Gasteiger partial charge in [0.1, 0.15) is 5.60 Å². The van der Waals surface area contributed by atoms with E-state index in [1.165, 1.54) is 18.2 Å². The van der Waals surface area contributed by atoms with Crippen LogP contribution in [-0.4, -0.2) is 42.5 Å². The van der Waals surface area contributed by atoms with Gasteiger partial charge in [-0.2, -0.15) is 0 Å². The van der Waals surface area contributed by atoms with Crippen molar-refractivity contribution in [2.45, 2.75) is 39.2 Å². The molecule has 1 heterocycles. The molecule has 2 aromatic rings. The molecule has 0 aliphatic carbocycles. The predicted molar refractivity (Wildman–Crippen MR) is 127 cm³/mol. The lowest BCUT2D eigenvalue weighted by Gasteiger charge is -2.22. The van der Waals surface area contributed by atoms with Crippen LogP contribution >= 0.6 is 11.6 Å². The highest BCUT2D eigenvalue weighted by molar-refractivity contribution is 6.33. The molecular weight excluding hydrogens is 460 g/mol. The molecule has 0 saturated heterocycles. The number of ether oxygens (including phenoxy) is 2. The number of ketones is 1. The molecule has 0 radical (unpaired) electrons. The number of anilines is 1. The number of nitrogens with one attached hydrogen (secondary N) is 2. The Balaban J connectivity index is 1.45. The third kappa shape index (κ3) is 6.81. The summed E-state index contributed by atoms with van der Waals surface area (Å²) in [5.41, 5.74) is 1.92. The average molecular weight is 487 g/mol. The van der Waals surface area contributed by atoms with Crippen molar-refractivity contribution in [1.82, 2.24) is 5.32 Å². The molecule has 3 rings (SSSR count). The summed E-state index contributed by atoms with van der Waals surface area (Å²) in [7, 11) is 0. The van der Waals surface area contributed by atoms with Crippen molar-refractivity contribution in [2.24, 2.45) is 5.92 Å². The van der Waals surface area contributed by atoms with E-state index < -0.39 is 35.3 Å². The average Bonchev–Trinajstić information content (AvgIpc) is 2.73. The van der Waals surface area contributed by atoms with Gasteiger partial charge < -0.3 is 20.1 Å². The summed E-state index contributed by atoms with van der Waals surface area (Å²) in [4.78, 5) is 49.0. The number of benzene rings is 2. The Morgan fingerprint density at radius 1 is 1.03 bits per heavy atom. The molecule has 0 spiro atoms. The number of rotatable bonds is 7. The number of alkyl carbamates (subject to hydrolysis) is 1. The highest BCUT2D eigenvalue weighted by Gasteiger charge is 2.41. The lowest BCUT2D eigenvalue weighted by Crippen LogP contribution is -2.41. The van der Waals surface area contributed by atoms with Gasteiger partial charge in [-0.25, -0.2) is 4.79 Å². The van der Waals surface area contributed by atoms with E-state index in [9.17, 15) is 19.2 Å². The molecular formula is C25H27ClN2O6. The zero-order valence-electron chi connectivity index (χ0n) is 19.3. The van der Waals surface area contributed by atoms with E-state index in [2.05, 4.69) is 10.6 Å². The number of hydrogen-bond donors (Lipinski definition) is 2. The first-order valence-corrected chi connectivity index (χ1v) is 11.3. The smallest absolute Gasteiger partial charge is 0.407 e. The minimum absolute atomic E-state index is 0.0307. The summed E-state index contributed by atoms with van der Waals surface area (Å²) in [6, 6.07) is 12.1. The minimum atomic E-state index is -1.53. The zero-order chi connectivity index (χ0) is 24.9. The Bertz CT molecular complexity index is 1090. The topological polar surface area (TPSA) is 111 Å². The van der Waals surface area contributed by atoms with E-state index in [-0.39, 0.29) is 17.9 Å². The molecule has 1 aliphatic rings. The maximum Gasteiger partial charge on any atom is 0.407 e. The second kappa shape index (κ2) is 10.7. The third-order valence-corrected chi connectivity index (χ3v) is 5.24. The van der Waals surface area contributed by atoms with Gasteiger partial charge in [-0.1, -0.05) is 35.9 Å². The maximum atomic E-state index is 12.6. The number of Topliss-reactive ketones (excluding diaryl/α,β-unsaturated/α-hetero) is 1. The Kier molecular flexibility index (Phi) is 7.94. The van der Waals surface area contributed by atoms with Crippen molar-refractivity contribution in [3.05, 3.63) is 64.2 Å². The molecule has 9 heteroatoms. The zero-order valence-corrected chi connectivity index (χ0v) is 20.0. The van der Waals surface area contributed by atoms with Gasteiger partial charge in [-0.3, -0.25) is 14.4 Å². The van der Waals surface area contributed by atoms with Crippen molar-refractivity contribution in [3.63, 3.8) is 0 Å². The van der Waals surface area contributed by atoms with E-state index in [1.54, 1.807) is 20.8 Å². The van der Waals surface area contributed by atoms with Crippen molar-refractivity contribution in [2.75, 3.05) is 18.5 Å². The summed E-state index contributed by atoms with van der Waals surface area (Å²) < 4.78 is 10.4. The highest BCUT2D eigenvalue weighted by Crippen LogP contribution is 2.29. The number of esters is 1. The number of amides is 2. The Hall–Kier alpha value is -3.39. The van der Waals surface area contributed by atoms with Crippen molar-refractivity contribution < 1.29 is 28.7 Å². The molecule has 2 aromatic carbocycles. The van der Waals surface area contributed by atoms with Gasteiger partial charge in [-0.15, -0.1) is 0 Å². The van der Waals surface area contributed by atoms with Crippen LogP contribution in [0.25, 0.3) is 0 Å². The second-order valence-corrected chi connectivity index (χ2v) is 9.33. The third-order valence-electron chi connectivity index (χ3n) is 5.00. The van der Waals surface area contributed by atoms with Gasteiger partial charge in [0.25, 0.3) is 0 Å². The van der Waals surface area contributed by atoms with Gasteiger partial charge in [0.2, 0.25) is 5.91 Å². The van der Waals surface area contributed by atoms with Gasteiger partial charge in [0.15, 0.2) is 11.7 Å². The Morgan fingerprint density at radius 3 is 2.32 bits per heavy atom. The van der Waals surface area contributed by atoms with Crippen molar-refractivity contribution in [3.8, 4) is 0 Å². The molecule has 2 N–H and O–H groups in total. The minimum Gasteiger partial charge on any atom is -0.464 e. The van der Waals surface area contributed by atoms with Crippen molar-refractivity contribution in [1.29, 1.82) is 0 Å². The van der Waals surface area contributed by atoms with E-state index in [4.69, 9.17) is 21.1 Å². The monoisotopic (exact) mass is 486 g/mol. The number of halogens is 1. The molecule has 2 amide bonds. The first-order valence-electron chi connectivity index (χ1n) is 10.9. The lowest BCUT2D eigenvalue weighted by molar-refractivity contribution is -0.149. The van der Waals surface area contributed by atoms with Gasteiger partial charge in [-0.05, 0) is 56.5 Å². The molecule has 0 fully saturated rings. The number of carbonyl (C=O) groups excluding carboxylic acids is 4. The van der Waals surface area contributed by atoms with Crippen LogP contribution in [0.1, 0.15) is 42.3 Å². The molecule has 8 nitrogen and oxygen atoms in total. The predicted octanol–water partition coefficient (Wildman–Crippen LogP) is 3.94. The van der Waals surface area contributed by atoms with E-state index >= 15 is 0 Å². The summed E-state index contributed by atoms with van der Waals surface area (Å²) in [5.74, 6) is -3.75. The van der Waals surface area contributed by atoms with Crippen molar-refractivity contribution >= 4 is 41.0 Å². The van der Waals surface area contributed by atoms with E-state index in [0.29, 0.717) is 24.4 Å². The van der Waals surface area contributed by atoms with Gasteiger partial charge in [0.05, 0.1) is 12.3 Å². The van der Waals surface area contributed by atoms with Crippen LogP contribution in [0.3, 0.4) is 0 Å². The Morgan fingerprint density at radius 2 is 1.68 bits per heavy atom. The van der Waals surface area contributed by atoms with Crippen LogP contribution in [0.2, 0.25) is 5.02 Å². The molecule has 0 saturated carbocycles. The fourth-order valence-corrected chi connectivity index (χ4v) is 3.55. The molecule has 0 bridgehead atoms. The number of carbonyl (C=O) groups is 4. The number of fused-ring (bicyclic) bond motifs is 1. The fourth-order valence-electron chi connectivity index (χ4n) is 3.38. The largest absolute Gasteiger partial charge is 0.464 e. The van der Waals surface area contributed by atoms with Crippen LogP contribution in [0.4, 0.5) is 10.5 Å². The standard InChI is InChI=1S/C25H27ClN2O6/c1-25(2,3)34-24(32)27-12-10-15-4-6-16(7-5-15)11-13-33-23(31)20-21(29)18-9-8-17(26)14-19(18)28-22(20)30/h4-9,14,20H,10-13H2,1-3H3,(H,27,32)(H,28,30). The van der Waals surface area contributed by atoms with Crippen LogP contribution in [0.5, 0.6) is 0 Å². The quantitative estimate of drug-likeness (QED) is 0.453. The van der Waals surface area contributed by atoms with Crippen LogP contribution < -0.4 is 10.6 Å². The van der Waals surface area contributed by atoms with Gasteiger partial charge in [0, 0.05) is 23.6 Å². The summed E-state index contributed by atoms with van der Waals surface area (Å²) in [6.07, 6.45) is 0.611. The van der Waals surface area contributed by atoms with Crippen LogP contribution in [0, 0.1) is 5.92 Å². The highest BCUT2D eigenvalue weighted by atomic mass is 35.5. The lowest BCUT2D eigenvalue weighted by atomic mass is 9.92. The van der Waals surface area contributed by atoms with Crippen LogP contribution in [0.15, 0.2) is 42.5 Å². The van der Waals surface area contributed by atoms with E-state index in [1.807, 2.05) is 24.3 Å². The first-order chi connectivity index (χ1) is 16.0. The number of hydrogen-bond acceptors (Lipinski definition) is 6. The first kappa shape index (κ1) is 25.2. The SMILES string of the molecule is CC(C)(C)OC(=O)NCCc1ccc(CCOC(=O)C2C(=O)Nc3cc(Cl)ccc3C2=O)cc1. The normalized spacial score (nSPS) is 15.2. The Labute approximate surface area is 203 Å². The molecule has 0 aromatic heterocycles. The molecule has 34 heavy (non-hydrogen) atoms.